The third kappa shape index (κ3) is 4.14. The van der Waals surface area contributed by atoms with Gasteiger partial charge in [0.2, 0.25) is 0 Å². The van der Waals surface area contributed by atoms with Crippen molar-refractivity contribution in [3.8, 4) is 17.1 Å². The van der Waals surface area contributed by atoms with E-state index in [0.29, 0.717) is 0 Å². The maximum Gasteiger partial charge on any atom is 0.0641 e. The van der Waals surface area contributed by atoms with Crippen LogP contribution in [-0.4, -0.2) is 13.7 Å². The van der Waals surface area contributed by atoms with Crippen molar-refractivity contribution in [2.75, 3.05) is 0 Å². The van der Waals surface area contributed by atoms with Crippen molar-refractivity contribution >= 4 is 60.6 Å². The lowest BCUT2D eigenvalue weighted by atomic mass is 10.1. The Morgan fingerprint density at radius 3 is 1.83 bits per heavy atom. The Bertz CT molecular complexity index is 2650. The lowest BCUT2D eigenvalue weighted by Gasteiger charge is -2.12. The predicted molar refractivity (Wildman–Crippen MR) is 205 cm³/mol. The number of rotatable bonds is 3. The molecule has 0 amide bonds. The largest absolute Gasteiger partial charge is 0.310 e. The fraction of sp³-hybridized carbons (Fsp3) is 0.111. The van der Waals surface area contributed by atoms with Crippen LogP contribution in [0.15, 0.2) is 146 Å². The molecular formula is C45H37N3. The third-order valence-corrected chi connectivity index (χ3v) is 9.93. The molecule has 3 heterocycles. The standard InChI is InChI=1S/C43H31N3.C2H6/c1-4-14-29(15-5-1)44-39-23-13-11-20-36(39)42-40(44)27-26-35-33-19-10-12-22-38(33)46(43(35)42)31-24-25-34-32-18-8-3-9-21-37(32)45(41(34)28-31)30-16-6-2-7-17-30;1-2/h1-2,4-7,9-17,19-28H,3,8,18H2;1-2H3. The van der Waals surface area contributed by atoms with Crippen LogP contribution in [0.1, 0.15) is 37.9 Å². The first kappa shape index (κ1) is 28.4. The van der Waals surface area contributed by atoms with Crippen LogP contribution >= 0.6 is 0 Å². The molecule has 1 aliphatic carbocycles. The minimum absolute atomic E-state index is 1.09. The molecule has 232 valence electrons. The van der Waals surface area contributed by atoms with Gasteiger partial charge in [0.05, 0.1) is 27.6 Å². The number of aryl methyl sites for hydroxylation is 1. The predicted octanol–water partition coefficient (Wildman–Crippen LogP) is 12.2. The summed E-state index contributed by atoms with van der Waals surface area (Å²) in [6.07, 6.45) is 8.08. The van der Waals surface area contributed by atoms with E-state index in [0.717, 1.165) is 12.8 Å². The van der Waals surface area contributed by atoms with Crippen LogP contribution in [0.2, 0.25) is 0 Å². The number of aromatic nitrogens is 3. The van der Waals surface area contributed by atoms with Gasteiger partial charge in [0.1, 0.15) is 0 Å². The summed E-state index contributed by atoms with van der Waals surface area (Å²) in [6.45, 7) is 4.00. The summed E-state index contributed by atoms with van der Waals surface area (Å²) in [5, 5.41) is 6.44. The average molecular weight is 620 g/mol. The zero-order valence-electron chi connectivity index (χ0n) is 27.4. The summed E-state index contributed by atoms with van der Waals surface area (Å²) >= 11 is 0. The van der Waals surface area contributed by atoms with Crippen LogP contribution in [0.3, 0.4) is 0 Å². The van der Waals surface area contributed by atoms with Crippen molar-refractivity contribution in [2.24, 2.45) is 0 Å². The van der Waals surface area contributed by atoms with Gasteiger partial charge in [0.15, 0.2) is 0 Å². The summed E-state index contributed by atoms with van der Waals surface area (Å²) < 4.78 is 7.40. The fourth-order valence-electron chi connectivity index (χ4n) is 8.02. The highest BCUT2D eigenvalue weighted by atomic mass is 15.0. The fourth-order valence-corrected chi connectivity index (χ4v) is 8.02. The molecule has 0 bridgehead atoms. The number of hydrogen-bond acceptors (Lipinski definition) is 0. The second kappa shape index (κ2) is 11.5. The van der Waals surface area contributed by atoms with E-state index >= 15 is 0 Å². The molecule has 10 rings (SSSR count). The summed E-state index contributed by atoms with van der Waals surface area (Å²) in [5.74, 6) is 0. The molecule has 48 heavy (non-hydrogen) atoms. The van der Waals surface area contributed by atoms with E-state index in [1.54, 1.807) is 0 Å². The van der Waals surface area contributed by atoms with Gasteiger partial charge in [0, 0.05) is 49.7 Å². The molecule has 0 saturated carbocycles. The molecule has 1 aliphatic rings. The summed E-state index contributed by atoms with van der Waals surface area (Å²) in [4.78, 5) is 0. The van der Waals surface area contributed by atoms with Gasteiger partial charge in [-0.1, -0.05) is 105 Å². The number of para-hydroxylation sites is 4. The van der Waals surface area contributed by atoms with Crippen LogP contribution in [0.4, 0.5) is 0 Å². The first-order chi connectivity index (χ1) is 23.9. The smallest absolute Gasteiger partial charge is 0.0641 e. The van der Waals surface area contributed by atoms with E-state index in [9.17, 15) is 0 Å². The molecule has 0 fully saturated rings. The molecule has 0 N–H and O–H groups in total. The van der Waals surface area contributed by atoms with Crippen molar-refractivity contribution in [3.63, 3.8) is 0 Å². The number of fused-ring (bicyclic) bond motifs is 10. The Hall–Kier alpha value is -5.80. The van der Waals surface area contributed by atoms with Gasteiger partial charge in [-0.25, -0.2) is 0 Å². The zero-order valence-corrected chi connectivity index (χ0v) is 27.4. The summed E-state index contributed by atoms with van der Waals surface area (Å²) in [5.41, 5.74) is 12.5. The highest BCUT2D eigenvalue weighted by Crippen LogP contribution is 2.43. The van der Waals surface area contributed by atoms with E-state index in [1.165, 1.54) is 89.3 Å². The summed E-state index contributed by atoms with van der Waals surface area (Å²) in [7, 11) is 0. The molecule has 3 nitrogen and oxygen atoms in total. The Morgan fingerprint density at radius 1 is 0.458 bits per heavy atom. The van der Waals surface area contributed by atoms with Crippen molar-refractivity contribution in [2.45, 2.75) is 33.1 Å². The number of hydrogen-bond donors (Lipinski definition) is 0. The molecule has 0 radical (unpaired) electrons. The normalized spacial score (nSPS) is 12.9. The SMILES string of the molecule is C1=Cc2c(c3ccc(-n4c5ccccc5c5ccc6c(c7ccccc7n6-c6ccccc6)c54)cc3n2-c2ccccc2)CCC1.CC. The minimum atomic E-state index is 1.09. The maximum absolute atomic E-state index is 2.51. The number of allylic oxidation sites excluding steroid dienone is 1. The Balaban J connectivity index is 0.00000154. The Morgan fingerprint density at radius 2 is 1.08 bits per heavy atom. The number of nitrogens with zero attached hydrogens (tertiary/aromatic N) is 3. The van der Waals surface area contributed by atoms with Gasteiger partial charge in [0.25, 0.3) is 0 Å². The monoisotopic (exact) mass is 619 g/mol. The van der Waals surface area contributed by atoms with Crippen LogP contribution in [-0.2, 0) is 6.42 Å². The van der Waals surface area contributed by atoms with Crippen LogP contribution in [0, 0.1) is 0 Å². The highest BCUT2D eigenvalue weighted by molar-refractivity contribution is 6.26. The van der Waals surface area contributed by atoms with E-state index in [-0.39, 0.29) is 0 Å². The van der Waals surface area contributed by atoms with E-state index in [1.807, 2.05) is 13.8 Å². The molecule has 0 spiro atoms. The van der Waals surface area contributed by atoms with Crippen molar-refractivity contribution in [3.05, 3.63) is 157 Å². The van der Waals surface area contributed by atoms with Gasteiger partial charge in [-0.2, -0.15) is 0 Å². The third-order valence-electron chi connectivity index (χ3n) is 9.93. The summed E-state index contributed by atoms with van der Waals surface area (Å²) in [6, 6.07) is 51.1. The molecule has 0 aliphatic heterocycles. The van der Waals surface area contributed by atoms with Crippen molar-refractivity contribution in [1.29, 1.82) is 0 Å². The minimum Gasteiger partial charge on any atom is -0.310 e. The number of benzene rings is 6. The van der Waals surface area contributed by atoms with Gasteiger partial charge >= 0.3 is 0 Å². The molecule has 9 aromatic rings. The van der Waals surface area contributed by atoms with Crippen LogP contribution < -0.4 is 0 Å². The Labute approximate surface area is 280 Å². The lowest BCUT2D eigenvalue weighted by Crippen LogP contribution is -1.99. The van der Waals surface area contributed by atoms with Gasteiger partial charge in [-0.15, -0.1) is 0 Å². The molecule has 3 aromatic heterocycles. The van der Waals surface area contributed by atoms with E-state index < -0.39 is 0 Å². The zero-order chi connectivity index (χ0) is 32.2. The van der Waals surface area contributed by atoms with Crippen molar-refractivity contribution in [1.82, 2.24) is 13.7 Å². The van der Waals surface area contributed by atoms with Gasteiger partial charge in [-0.05, 0) is 85.5 Å². The quantitative estimate of drug-likeness (QED) is 0.187. The topological polar surface area (TPSA) is 14.8 Å². The molecule has 0 atom stereocenters. The van der Waals surface area contributed by atoms with Crippen LogP contribution in [0.25, 0.3) is 77.7 Å². The van der Waals surface area contributed by atoms with Gasteiger partial charge in [-0.3, -0.25) is 0 Å². The second-order valence-corrected chi connectivity index (χ2v) is 12.4. The first-order valence-electron chi connectivity index (χ1n) is 17.3. The van der Waals surface area contributed by atoms with E-state index in [4.69, 9.17) is 0 Å². The molecular weight excluding hydrogens is 583 g/mol. The van der Waals surface area contributed by atoms with Crippen molar-refractivity contribution < 1.29 is 0 Å². The lowest BCUT2D eigenvalue weighted by molar-refractivity contribution is 0.854. The molecule has 0 saturated heterocycles. The molecule has 0 unspecified atom stereocenters. The van der Waals surface area contributed by atoms with Gasteiger partial charge < -0.3 is 13.7 Å². The first-order valence-corrected chi connectivity index (χ1v) is 17.3. The molecule has 3 heteroatoms. The molecule has 6 aromatic carbocycles. The second-order valence-electron chi connectivity index (χ2n) is 12.4. The average Bonchev–Trinajstić information content (AvgIpc) is 3.70. The van der Waals surface area contributed by atoms with E-state index in [2.05, 4.69) is 165 Å². The Kier molecular flexibility index (Phi) is 6.79. The maximum atomic E-state index is 2.51. The highest BCUT2D eigenvalue weighted by Gasteiger charge is 2.23. The van der Waals surface area contributed by atoms with Crippen LogP contribution in [0.5, 0.6) is 0 Å².